The Balaban J connectivity index is 0.00000661. The van der Waals surface area contributed by atoms with Crippen molar-refractivity contribution in [2.45, 2.75) is 43.3 Å². The van der Waals surface area contributed by atoms with Gasteiger partial charge in [-0.2, -0.15) is 15.5 Å². The molecule has 3 atom stereocenters. The predicted octanol–water partition coefficient (Wildman–Crippen LogP) is 6.90. The quantitative estimate of drug-likeness (QED) is 0.0396. The minimum Gasteiger partial charge on any atom is -0.497 e. The number of anilines is 1. The Labute approximate surface area is 345 Å². The molecule has 0 bridgehead atoms. The second-order valence-electron chi connectivity index (χ2n) is 12.9. The van der Waals surface area contributed by atoms with Crippen molar-refractivity contribution in [1.29, 1.82) is 10.5 Å². The van der Waals surface area contributed by atoms with Crippen LogP contribution in [-0.4, -0.2) is 70.1 Å². The van der Waals surface area contributed by atoms with Gasteiger partial charge in [0.1, 0.15) is 35.2 Å². The lowest BCUT2D eigenvalue weighted by molar-refractivity contribution is -0.0930. The highest BCUT2D eigenvalue weighted by Gasteiger charge is 2.44. The van der Waals surface area contributed by atoms with Gasteiger partial charge in [0.15, 0.2) is 0 Å². The molecule has 3 radical (unpaired) electrons. The summed E-state index contributed by atoms with van der Waals surface area (Å²) in [6, 6.07) is 39.2. The molecule has 1 N–H and O–H groups in total. The van der Waals surface area contributed by atoms with Crippen molar-refractivity contribution in [2.75, 3.05) is 39.4 Å². The van der Waals surface area contributed by atoms with E-state index in [1.165, 1.54) is 16.8 Å². The van der Waals surface area contributed by atoms with Gasteiger partial charge >= 0.3 is 14.3 Å². The third-order valence-electron chi connectivity index (χ3n) is 9.28. The molecule has 0 unspecified atom stereocenters. The highest BCUT2D eigenvalue weighted by atomic mass is 31.2. The van der Waals surface area contributed by atoms with E-state index in [0.717, 1.165) is 16.7 Å². The molecule has 5 aromatic rings. The SMILES string of the molecule is COc1ccc(C(OC[C@H]2O[C@@H](n3ccc(NC(=O)c4ccccc4)nc3=O)C[C@@H]2OP(OCCC#N)OCCC#N)(c2ccccc2)c2ccc(OC)cc2)cc1.[B]. The van der Waals surface area contributed by atoms with Crippen LogP contribution in [0.2, 0.25) is 0 Å². The van der Waals surface area contributed by atoms with E-state index in [4.69, 9.17) is 43.0 Å². The number of methoxy groups -OCH3 is 2. The lowest BCUT2D eigenvalue weighted by atomic mass is 9.80. The second-order valence-corrected chi connectivity index (χ2v) is 14.0. The number of nitriles is 2. The Bertz CT molecular complexity index is 2170. The van der Waals surface area contributed by atoms with Crippen LogP contribution in [-0.2, 0) is 28.6 Å². The van der Waals surface area contributed by atoms with Crippen LogP contribution in [0, 0.1) is 22.7 Å². The number of nitrogens with zero attached hydrogens (tertiary/aromatic N) is 4. The van der Waals surface area contributed by atoms with Crippen LogP contribution in [0.5, 0.6) is 11.5 Å². The van der Waals surface area contributed by atoms with E-state index in [1.807, 2.05) is 91.0 Å². The van der Waals surface area contributed by atoms with E-state index in [-0.39, 0.29) is 53.3 Å². The van der Waals surface area contributed by atoms with Crippen LogP contribution >= 0.6 is 8.60 Å². The average molecular weight is 815 g/mol. The lowest BCUT2D eigenvalue weighted by Gasteiger charge is -2.37. The molecule has 2 heterocycles. The zero-order valence-electron chi connectivity index (χ0n) is 32.5. The van der Waals surface area contributed by atoms with Crippen LogP contribution in [0.1, 0.15) is 52.5 Å². The van der Waals surface area contributed by atoms with E-state index in [9.17, 15) is 9.59 Å². The summed E-state index contributed by atoms with van der Waals surface area (Å²) < 4.78 is 44.2. The Morgan fingerprint density at radius 1 is 0.831 bits per heavy atom. The van der Waals surface area contributed by atoms with Crippen molar-refractivity contribution >= 4 is 28.7 Å². The van der Waals surface area contributed by atoms with Crippen LogP contribution in [0.4, 0.5) is 5.82 Å². The smallest absolute Gasteiger partial charge is 0.351 e. The zero-order valence-corrected chi connectivity index (χ0v) is 33.4. The van der Waals surface area contributed by atoms with Crippen molar-refractivity contribution in [3.05, 3.63) is 154 Å². The minimum absolute atomic E-state index is 0. The zero-order chi connectivity index (χ0) is 40.7. The van der Waals surface area contributed by atoms with Gasteiger partial charge in [0.05, 0.1) is 65.1 Å². The fourth-order valence-electron chi connectivity index (χ4n) is 6.43. The molecule has 59 heavy (non-hydrogen) atoms. The van der Waals surface area contributed by atoms with Crippen molar-refractivity contribution in [3.8, 4) is 23.6 Å². The molecule has 0 saturated carbocycles. The van der Waals surface area contributed by atoms with Crippen molar-refractivity contribution in [2.24, 2.45) is 0 Å². The molecule has 16 heteroatoms. The molecule has 0 aliphatic carbocycles. The van der Waals surface area contributed by atoms with Gasteiger partial charge in [-0.25, -0.2) is 4.79 Å². The van der Waals surface area contributed by atoms with Gasteiger partial charge in [-0.15, -0.1) is 0 Å². The number of benzene rings is 4. The molecule has 1 saturated heterocycles. The summed E-state index contributed by atoms with van der Waals surface area (Å²) >= 11 is 0. The highest BCUT2D eigenvalue weighted by molar-refractivity contribution is 7.41. The van der Waals surface area contributed by atoms with E-state index < -0.39 is 44.2 Å². The van der Waals surface area contributed by atoms with Gasteiger partial charge in [-0.1, -0.05) is 72.8 Å². The van der Waals surface area contributed by atoms with Gasteiger partial charge in [0.25, 0.3) is 5.91 Å². The summed E-state index contributed by atoms with van der Waals surface area (Å²) in [4.78, 5) is 30.4. The van der Waals surface area contributed by atoms with Gasteiger partial charge in [0, 0.05) is 26.6 Å². The molecule has 0 spiro atoms. The molecular weight excluding hydrogens is 772 g/mol. The molecule has 1 amide bonds. The number of carbonyl (C=O) groups is 1. The molecule has 301 valence electrons. The summed E-state index contributed by atoms with van der Waals surface area (Å²) in [6.07, 6.45) is -0.602. The topological polar surface area (TPSA) is 176 Å². The van der Waals surface area contributed by atoms with E-state index in [1.54, 1.807) is 44.6 Å². The monoisotopic (exact) mass is 814 g/mol. The number of rotatable bonds is 19. The number of carbonyl (C=O) groups excluding carboxylic acids is 1. The maximum Gasteiger partial charge on any atom is 0.351 e. The average Bonchev–Trinajstić information content (AvgIpc) is 3.66. The molecule has 14 nitrogen and oxygen atoms in total. The van der Waals surface area contributed by atoms with Crippen molar-refractivity contribution in [3.63, 3.8) is 0 Å². The fraction of sp³-hybridized carbons (Fsp3) is 0.279. The molecule has 1 fully saturated rings. The molecule has 1 aromatic heterocycles. The Morgan fingerprint density at radius 2 is 1.37 bits per heavy atom. The molecule has 6 rings (SSSR count). The van der Waals surface area contributed by atoms with Crippen LogP contribution in [0.15, 0.2) is 126 Å². The predicted molar refractivity (Wildman–Crippen MR) is 220 cm³/mol. The van der Waals surface area contributed by atoms with Crippen LogP contribution in [0.3, 0.4) is 0 Å². The van der Waals surface area contributed by atoms with Crippen LogP contribution < -0.4 is 20.5 Å². The summed E-state index contributed by atoms with van der Waals surface area (Å²) in [7, 11) is 1.15. The third kappa shape index (κ3) is 11.0. The molecule has 1 aliphatic rings. The first-order chi connectivity index (χ1) is 28.4. The van der Waals surface area contributed by atoms with Crippen LogP contribution in [0.25, 0.3) is 0 Å². The molecule has 1 aliphatic heterocycles. The van der Waals surface area contributed by atoms with Crippen molar-refractivity contribution < 1.29 is 37.3 Å². The first-order valence-electron chi connectivity index (χ1n) is 18.4. The normalized spacial score (nSPS) is 16.1. The number of hydrogen-bond acceptors (Lipinski definition) is 12. The number of hydrogen-bond donors (Lipinski definition) is 1. The van der Waals surface area contributed by atoms with Gasteiger partial charge in [-0.05, 0) is 59.2 Å². The third-order valence-corrected chi connectivity index (χ3v) is 10.5. The summed E-state index contributed by atoms with van der Waals surface area (Å²) in [5.74, 6) is 1.00. The largest absolute Gasteiger partial charge is 0.497 e. The van der Waals surface area contributed by atoms with E-state index in [2.05, 4.69) is 10.3 Å². The lowest BCUT2D eigenvalue weighted by Crippen LogP contribution is -2.38. The van der Waals surface area contributed by atoms with E-state index in [0.29, 0.717) is 17.1 Å². The van der Waals surface area contributed by atoms with Crippen molar-refractivity contribution in [1.82, 2.24) is 9.55 Å². The van der Waals surface area contributed by atoms with E-state index >= 15 is 0 Å². The summed E-state index contributed by atoms with van der Waals surface area (Å²) in [5.41, 5.74) is 0.980. The standard InChI is InChI=1S/C43H42N5O9P.B/c1-51-35-19-15-33(16-20-35)43(32-13-7-4-8-14-32,34-17-21-36(52-2)22-18-34)53-30-38-37(57-58(54-27-9-24-44)55-28-10-25-45)29-40(56-38)48-26-23-39(47-42(48)50)46-41(49)31-11-5-3-6-12-31;/h3-8,11-23,26,37-38,40H,9-10,27-30H2,1-2H3,(H,46,47,49,50);/t37-,38+,40+;/m0./s1. The Morgan fingerprint density at radius 3 is 1.90 bits per heavy atom. The summed E-state index contributed by atoms with van der Waals surface area (Å²) in [6.45, 7) is 0.0259. The highest BCUT2D eigenvalue weighted by Crippen LogP contribution is 2.47. The number of amides is 1. The molecule has 4 aromatic carbocycles. The fourth-order valence-corrected chi connectivity index (χ4v) is 7.55. The maximum absolute atomic E-state index is 13.5. The number of aromatic nitrogens is 2. The first kappa shape index (κ1) is 44.2. The number of nitrogens with one attached hydrogen (secondary N) is 1. The Kier molecular flexibility index (Phi) is 16.3. The van der Waals surface area contributed by atoms with Gasteiger partial charge in [-0.3, -0.25) is 9.36 Å². The second kappa shape index (κ2) is 21.7. The van der Waals surface area contributed by atoms with Gasteiger partial charge in [0.2, 0.25) is 0 Å². The number of ether oxygens (including phenoxy) is 4. The Hall–Kier alpha value is -5.90. The first-order valence-corrected chi connectivity index (χ1v) is 19.5. The van der Waals surface area contributed by atoms with Gasteiger partial charge < -0.3 is 37.8 Å². The summed E-state index contributed by atoms with van der Waals surface area (Å²) in [5, 5.41) is 21.0. The minimum atomic E-state index is -2.05. The molecular formula is C43H42BN5O9P. The maximum atomic E-state index is 13.5.